The van der Waals surface area contributed by atoms with Gasteiger partial charge in [0, 0.05) is 23.9 Å². The molecule has 1 N–H and O–H groups in total. The molecule has 0 aromatic carbocycles. The van der Waals surface area contributed by atoms with E-state index in [9.17, 15) is 4.79 Å². The molecule has 0 bridgehead atoms. The highest BCUT2D eigenvalue weighted by Crippen LogP contribution is 2.40. The fourth-order valence-corrected chi connectivity index (χ4v) is 4.89. The molecule has 136 valence electrons. The maximum Gasteiger partial charge on any atom is 0.220 e. The second-order valence-corrected chi connectivity index (χ2v) is 9.73. The standard InChI is InChI=1S/C20H34N2OS/c1-20(2,3)13-18(23)21-14-15-8-10-16(11-9-15)19(22(4)5)17-7-6-12-24-17/h6-7,12,15-16,19H,8-11,13-14H2,1-5H3,(H,21,23). The predicted octanol–water partition coefficient (Wildman–Crippen LogP) is 4.71. The van der Waals surface area contributed by atoms with E-state index >= 15 is 0 Å². The minimum absolute atomic E-state index is 0.0708. The maximum atomic E-state index is 12.0. The zero-order valence-electron chi connectivity index (χ0n) is 16.0. The van der Waals surface area contributed by atoms with Crippen LogP contribution in [-0.4, -0.2) is 31.4 Å². The van der Waals surface area contributed by atoms with Gasteiger partial charge in [-0.3, -0.25) is 4.79 Å². The van der Waals surface area contributed by atoms with Crippen LogP contribution in [0.2, 0.25) is 0 Å². The van der Waals surface area contributed by atoms with Crippen LogP contribution in [0.25, 0.3) is 0 Å². The van der Waals surface area contributed by atoms with Crippen molar-refractivity contribution in [3.8, 4) is 0 Å². The number of rotatable bonds is 6. The molecule has 0 spiro atoms. The lowest BCUT2D eigenvalue weighted by molar-refractivity contribution is -0.123. The number of carbonyl (C=O) groups is 1. The van der Waals surface area contributed by atoms with Gasteiger partial charge in [-0.1, -0.05) is 26.8 Å². The molecular formula is C20H34N2OS. The number of hydrogen-bond donors (Lipinski definition) is 1. The van der Waals surface area contributed by atoms with E-state index in [2.05, 4.69) is 62.6 Å². The highest BCUT2D eigenvalue weighted by atomic mass is 32.1. The second-order valence-electron chi connectivity index (χ2n) is 8.75. The van der Waals surface area contributed by atoms with E-state index in [0.29, 0.717) is 18.4 Å². The van der Waals surface area contributed by atoms with Crippen LogP contribution in [0.4, 0.5) is 0 Å². The average Bonchev–Trinajstić information content (AvgIpc) is 2.98. The lowest BCUT2D eigenvalue weighted by Gasteiger charge is -2.37. The molecule has 1 aliphatic carbocycles. The van der Waals surface area contributed by atoms with E-state index in [1.807, 2.05) is 11.3 Å². The number of amides is 1. The van der Waals surface area contributed by atoms with Crippen molar-refractivity contribution < 1.29 is 4.79 Å². The molecule has 3 nitrogen and oxygen atoms in total. The molecule has 1 aliphatic rings. The lowest BCUT2D eigenvalue weighted by Crippen LogP contribution is -2.35. The van der Waals surface area contributed by atoms with Gasteiger partial charge in [0.25, 0.3) is 0 Å². The first-order valence-electron chi connectivity index (χ1n) is 9.23. The van der Waals surface area contributed by atoms with Gasteiger partial charge in [0.1, 0.15) is 0 Å². The third-order valence-corrected chi connectivity index (χ3v) is 5.95. The monoisotopic (exact) mass is 350 g/mol. The summed E-state index contributed by atoms with van der Waals surface area (Å²) in [5.74, 6) is 1.59. The Kier molecular flexibility index (Phi) is 6.88. The van der Waals surface area contributed by atoms with Gasteiger partial charge in [-0.15, -0.1) is 11.3 Å². The average molecular weight is 351 g/mol. The van der Waals surface area contributed by atoms with Gasteiger partial charge in [0.2, 0.25) is 5.91 Å². The summed E-state index contributed by atoms with van der Waals surface area (Å²) in [6, 6.07) is 4.97. The zero-order chi connectivity index (χ0) is 17.7. The first-order valence-corrected chi connectivity index (χ1v) is 10.1. The van der Waals surface area contributed by atoms with Crippen LogP contribution in [0.3, 0.4) is 0 Å². The van der Waals surface area contributed by atoms with Crippen LogP contribution in [0.15, 0.2) is 17.5 Å². The summed E-state index contributed by atoms with van der Waals surface area (Å²) in [4.78, 5) is 15.9. The molecule has 4 heteroatoms. The van der Waals surface area contributed by atoms with Crippen molar-refractivity contribution >= 4 is 17.2 Å². The van der Waals surface area contributed by atoms with Gasteiger partial charge in [-0.05, 0) is 68.5 Å². The minimum Gasteiger partial charge on any atom is -0.356 e. The molecular weight excluding hydrogens is 316 g/mol. The lowest BCUT2D eigenvalue weighted by atomic mass is 9.77. The summed E-state index contributed by atoms with van der Waals surface area (Å²) >= 11 is 1.87. The SMILES string of the molecule is CN(C)C(c1cccs1)C1CCC(CNC(=O)CC(C)(C)C)CC1. The molecule has 1 aromatic heterocycles. The number of carbonyl (C=O) groups excluding carboxylic acids is 1. The van der Waals surface area contributed by atoms with Crippen molar-refractivity contribution in [3.63, 3.8) is 0 Å². The predicted molar refractivity (Wildman–Crippen MR) is 103 cm³/mol. The van der Waals surface area contributed by atoms with E-state index in [0.717, 1.165) is 12.5 Å². The van der Waals surface area contributed by atoms with E-state index in [-0.39, 0.29) is 11.3 Å². The third kappa shape index (κ3) is 5.89. The zero-order valence-corrected chi connectivity index (χ0v) is 16.8. The fourth-order valence-electron chi connectivity index (χ4n) is 3.88. The molecule has 24 heavy (non-hydrogen) atoms. The van der Waals surface area contributed by atoms with E-state index in [1.165, 1.54) is 30.6 Å². The molecule has 2 rings (SSSR count). The van der Waals surface area contributed by atoms with Crippen LogP contribution in [0.5, 0.6) is 0 Å². The molecule has 1 saturated carbocycles. The summed E-state index contributed by atoms with van der Waals surface area (Å²) in [6.07, 6.45) is 5.61. The van der Waals surface area contributed by atoms with Crippen LogP contribution >= 0.6 is 11.3 Å². The normalized spacial score (nSPS) is 23.2. The Hall–Kier alpha value is -0.870. The van der Waals surface area contributed by atoms with Crippen LogP contribution < -0.4 is 5.32 Å². The minimum atomic E-state index is 0.0708. The van der Waals surface area contributed by atoms with E-state index in [4.69, 9.17) is 0 Å². The molecule has 1 amide bonds. The summed E-state index contributed by atoms with van der Waals surface area (Å²) in [5.41, 5.74) is 0.0708. The first-order chi connectivity index (χ1) is 11.3. The van der Waals surface area contributed by atoms with Crippen LogP contribution in [0, 0.1) is 17.3 Å². The molecule has 0 saturated heterocycles. The number of hydrogen-bond acceptors (Lipinski definition) is 3. The van der Waals surface area contributed by atoms with Crippen molar-refractivity contribution in [2.45, 2.75) is 58.9 Å². The highest BCUT2D eigenvalue weighted by Gasteiger charge is 2.30. The largest absolute Gasteiger partial charge is 0.356 e. The van der Waals surface area contributed by atoms with Gasteiger partial charge in [-0.25, -0.2) is 0 Å². The first kappa shape index (κ1) is 19.5. The highest BCUT2D eigenvalue weighted by molar-refractivity contribution is 7.10. The topological polar surface area (TPSA) is 32.3 Å². The number of nitrogens with one attached hydrogen (secondary N) is 1. The molecule has 1 atom stereocenters. The van der Waals surface area contributed by atoms with E-state index in [1.54, 1.807) is 0 Å². The molecule has 1 aromatic rings. The van der Waals surface area contributed by atoms with Crippen molar-refractivity contribution in [1.82, 2.24) is 10.2 Å². The molecule has 1 fully saturated rings. The van der Waals surface area contributed by atoms with Crippen molar-refractivity contribution in [3.05, 3.63) is 22.4 Å². The summed E-state index contributed by atoms with van der Waals surface area (Å²) in [6.45, 7) is 7.20. The molecule has 0 aliphatic heterocycles. The fraction of sp³-hybridized carbons (Fsp3) is 0.750. The Morgan fingerprint density at radius 2 is 1.96 bits per heavy atom. The van der Waals surface area contributed by atoms with Gasteiger partial charge < -0.3 is 10.2 Å². The Morgan fingerprint density at radius 3 is 2.46 bits per heavy atom. The summed E-state index contributed by atoms with van der Waals surface area (Å²) in [5, 5.41) is 5.34. The van der Waals surface area contributed by atoms with Gasteiger partial charge >= 0.3 is 0 Å². The smallest absolute Gasteiger partial charge is 0.220 e. The maximum absolute atomic E-state index is 12.0. The van der Waals surface area contributed by atoms with Gasteiger partial charge in [0.05, 0.1) is 0 Å². The molecule has 1 heterocycles. The second kappa shape index (κ2) is 8.48. The molecule has 1 unspecified atom stereocenters. The van der Waals surface area contributed by atoms with E-state index < -0.39 is 0 Å². The Morgan fingerprint density at radius 1 is 1.29 bits per heavy atom. The summed E-state index contributed by atoms with van der Waals surface area (Å²) in [7, 11) is 4.40. The Bertz CT molecular complexity index is 496. The Balaban J connectivity index is 1.79. The van der Waals surface area contributed by atoms with Crippen LogP contribution in [-0.2, 0) is 4.79 Å². The van der Waals surface area contributed by atoms with Crippen LogP contribution in [0.1, 0.15) is 63.8 Å². The Labute approximate surface area is 151 Å². The van der Waals surface area contributed by atoms with Gasteiger partial charge in [0.15, 0.2) is 0 Å². The third-order valence-electron chi connectivity index (χ3n) is 5.01. The summed E-state index contributed by atoms with van der Waals surface area (Å²) < 4.78 is 0. The quantitative estimate of drug-likeness (QED) is 0.806. The van der Waals surface area contributed by atoms with Crippen molar-refractivity contribution in [2.24, 2.45) is 17.3 Å². The molecule has 0 radical (unpaired) electrons. The number of thiophene rings is 1. The van der Waals surface area contributed by atoms with Crippen molar-refractivity contribution in [1.29, 1.82) is 0 Å². The van der Waals surface area contributed by atoms with Gasteiger partial charge in [-0.2, -0.15) is 0 Å². The number of nitrogens with zero attached hydrogens (tertiary/aromatic N) is 1. The van der Waals surface area contributed by atoms with Crippen molar-refractivity contribution in [2.75, 3.05) is 20.6 Å².